The number of benzene rings is 2. The van der Waals surface area contributed by atoms with E-state index in [1.54, 1.807) is 6.07 Å². The molecule has 3 heteroatoms. The third kappa shape index (κ3) is 4.05. The lowest BCUT2D eigenvalue weighted by molar-refractivity contribution is 0.226. The van der Waals surface area contributed by atoms with Gasteiger partial charge in [0, 0.05) is 17.7 Å². The number of rotatable bonds is 6. The van der Waals surface area contributed by atoms with Gasteiger partial charge >= 0.3 is 0 Å². The van der Waals surface area contributed by atoms with Crippen molar-refractivity contribution in [3.63, 3.8) is 0 Å². The first kappa shape index (κ1) is 15.5. The van der Waals surface area contributed by atoms with Crippen LogP contribution >= 0.6 is 0 Å². The molecule has 2 unspecified atom stereocenters. The highest BCUT2D eigenvalue weighted by molar-refractivity contribution is 5.31. The fraction of sp³-hybridized carbons (Fsp3) is 0.333. The van der Waals surface area contributed by atoms with Crippen LogP contribution in [0.4, 0.5) is 4.39 Å². The predicted molar refractivity (Wildman–Crippen MR) is 84.0 cm³/mol. The summed E-state index contributed by atoms with van der Waals surface area (Å²) in [6.07, 6.45) is -0.109. The van der Waals surface area contributed by atoms with Gasteiger partial charge in [0.1, 0.15) is 17.7 Å². The van der Waals surface area contributed by atoms with Gasteiger partial charge in [-0.25, -0.2) is 4.39 Å². The van der Waals surface area contributed by atoms with Crippen molar-refractivity contribution in [1.29, 1.82) is 0 Å². The Morgan fingerprint density at radius 1 is 1.10 bits per heavy atom. The average Bonchev–Trinajstić information content (AvgIpc) is 2.48. The van der Waals surface area contributed by atoms with Gasteiger partial charge in [-0.3, -0.25) is 0 Å². The number of hydrogen-bond acceptors (Lipinski definition) is 2. The van der Waals surface area contributed by atoms with Gasteiger partial charge in [-0.2, -0.15) is 0 Å². The van der Waals surface area contributed by atoms with Crippen molar-refractivity contribution in [2.75, 3.05) is 6.54 Å². The Hall–Kier alpha value is -1.87. The zero-order valence-corrected chi connectivity index (χ0v) is 12.8. The lowest BCUT2D eigenvalue weighted by Gasteiger charge is -2.17. The quantitative estimate of drug-likeness (QED) is 0.836. The van der Waals surface area contributed by atoms with Crippen LogP contribution < -0.4 is 10.1 Å². The summed E-state index contributed by atoms with van der Waals surface area (Å²) >= 11 is 0. The monoisotopic (exact) mass is 287 g/mol. The normalized spacial score (nSPS) is 13.7. The minimum absolute atomic E-state index is 0.00408. The van der Waals surface area contributed by atoms with E-state index in [0.29, 0.717) is 11.3 Å². The average molecular weight is 287 g/mol. The summed E-state index contributed by atoms with van der Waals surface area (Å²) < 4.78 is 20.0. The molecule has 2 aromatic rings. The van der Waals surface area contributed by atoms with E-state index < -0.39 is 0 Å². The molecule has 2 atom stereocenters. The van der Waals surface area contributed by atoms with Crippen LogP contribution in [0.1, 0.15) is 44.0 Å². The van der Waals surface area contributed by atoms with Gasteiger partial charge in [0.05, 0.1) is 0 Å². The van der Waals surface area contributed by atoms with E-state index in [2.05, 4.69) is 5.32 Å². The molecular formula is C18H22FNO. The molecule has 2 aromatic carbocycles. The summed E-state index contributed by atoms with van der Waals surface area (Å²) in [5.74, 6) is 0.317. The predicted octanol–water partition coefficient (Wildman–Crippen LogP) is 4.64. The van der Waals surface area contributed by atoms with Crippen LogP contribution in [0.15, 0.2) is 48.5 Å². The summed E-state index contributed by atoms with van der Waals surface area (Å²) in [4.78, 5) is 0. The highest BCUT2D eigenvalue weighted by atomic mass is 19.1. The summed E-state index contributed by atoms with van der Waals surface area (Å²) in [7, 11) is 0. The van der Waals surface area contributed by atoms with E-state index >= 15 is 0 Å². The second-order valence-electron chi connectivity index (χ2n) is 5.13. The number of halogens is 1. The van der Waals surface area contributed by atoms with Gasteiger partial charge in [-0.05, 0) is 32.0 Å². The first-order chi connectivity index (χ1) is 10.1. The SMILES string of the molecule is CCNC(C)c1ccc(OC(C)c2ccccc2)cc1F. The fourth-order valence-corrected chi connectivity index (χ4v) is 2.34. The topological polar surface area (TPSA) is 21.3 Å². The van der Waals surface area contributed by atoms with E-state index in [1.165, 1.54) is 6.07 Å². The molecule has 0 spiro atoms. The van der Waals surface area contributed by atoms with Crippen LogP contribution in [-0.4, -0.2) is 6.54 Å². The largest absolute Gasteiger partial charge is 0.486 e. The Morgan fingerprint density at radius 2 is 1.81 bits per heavy atom. The molecule has 0 aliphatic heterocycles. The molecule has 0 saturated heterocycles. The molecule has 0 heterocycles. The first-order valence-electron chi connectivity index (χ1n) is 7.36. The first-order valence-corrected chi connectivity index (χ1v) is 7.36. The van der Waals surface area contributed by atoms with Crippen molar-refractivity contribution < 1.29 is 9.13 Å². The van der Waals surface area contributed by atoms with Gasteiger partial charge in [-0.15, -0.1) is 0 Å². The molecule has 0 radical (unpaired) electrons. The molecule has 0 aliphatic rings. The Labute approximate surface area is 126 Å². The molecule has 112 valence electrons. The zero-order valence-electron chi connectivity index (χ0n) is 12.8. The van der Waals surface area contributed by atoms with Gasteiger partial charge in [0.25, 0.3) is 0 Å². The Morgan fingerprint density at radius 3 is 2.43 bits per heavy atom. The molecule has 1 N–H and O–H groups in total. The highest BCUT2D eigenvalue weighted by Gasteiger charge is 2.12. The molecule has 0 fully saturated rings. The third-order valence-electron chi connectivity index (χ3n) is 3.53. The molecule has 0 bridgehead atoms. The molecule has 0 aromatic heterocycles. The van der Waals surface area contributed by atoms with Crippen LogP contribution in [0, 0.1) is 5.82 Å². The molecular weight excluding hydrogens is 265 g/mol. The fourth-order valence-electron chi connectivity index (χ4n) is 2.34. The summed E-state index contributed by atoms with van der Waals surface area (Å²) in [6.45, 7) is 6.73. The highest BCUT2D eigenvalue weighted by Crippen LogP contribution is 2.25. The van der Waals surface area contributed by atoms with Gasteiger partial charge in [-0.1, -0.05) is 43.3 Å². The Balaban J connectivity index is 2.10. The molecule has 0 saturated carbocycles. The van der Waals surface area contributed by atoms with E-state index in [0.717, 1.165) is 12.1 Å². The Bertz CT molecular complexity index is 571. The van der Waals surface area contributed by atoms with Crippen LogP contribution in [0.25, 0.3) is 0 Å². The minimum atomic E-state index is -0.235. The van der Waals surface area contributed by atoms with E-state index in [4.69, 9.17) is 4.74 Å². The number of nitrogens with one attached hydrogen (secondary N) is 1. The summed E-state index contributed by atoms with van der Waals surface area (Å²) in [5.41, 5.74) is 1.74. The van der Waals surface area contributed by atoms with Gasteiger partial charge in [0.15, 0.2) is 0 Å². The smallest absolute Gasteiger partial charge is 0.131 e. The molecule has 0 aliphatic carbocycles. The van der Waals surface area contributed by atoms with Crippen LogP contribution in [0.3, 0.4) is 0 Å². The second kappa shape index (κ2) is 7.23. The van der Waals surface area contributed by atoms with E-state index in [-0.39, 0.29) is 18.0 Å². The molecule has 2 rings (SSSR count). The Kier molecular flexibility index (Phi) is 5.34. The van der Waals surface area contributed by atoms with Crippen molar-refractivity contribution >= 4 is 0 Å². The van der Waals surface area contributed by atoms with Gasteiger partial charge < -0.3 is 10.1 Å². The zero-order chi connectivity index (χ0) is 15.2. The van der Waals surface area contributed by atoms with Crippen LogP contribution in [0.5, 0.6) is 5.75 Å². The number of hydrogen-bond donors (Lipinski definition) is 1. The standard InChI is InChI=1S/C18H22FNO/c1-4-20-13(2)17-11-10-16(12-18(17)19)21-14(3)15-8-6-5-7-9-15/h5-14,20H,4H2,1-3H3. The van der Waals surface area contributed by atoms with E-state index in [9.17, 15) is 4.39 Å². The van der Waals surface area contributed by atoms with Crippen LogP contribution in [-0.2, 0) is 0 Å². The van der Waals surface area contributed by atoms with Crippen molar-refractivity contribution in [2.45, 2.75) is 32.9 Å². The maximum atomic E-state index is 14.2. The number of ether oxygens (including phenoxy) is 1. The van der Waals surface area contributed by atoms with Crippen molar-refractivity contribution in [3.8, 4) is 5.75 Å². The lowest BCUT2D eigenvalue weighted by Crippen LogP contribution is -2.18. The summed E-state index contributed by atoms with van der Waals surface area (Å²) in [5, 5.41) is 3.21. The maximum absolute atomic E-state index is 14.2. The maximum Gasteiger partial charge on any atom is 0.131 e. The molecule has 0 amide bonds. The lowest BCUT2D eigenvalue weighted by atomic mass is 10.1. The van der Waals surface area contributed by atoms with Gasteiger partial charge in [0.2, 0.25) is 0 Å². The third-order valence-corrected chi connectivity index (χ3v) is 3.53. The molecule has 21 heavy (non-hydrogen) atoms. The minimum Gasteiger partial charge on any atom is -0.486 e. The summed E-state index contributed by atoms with van der Waals surface area (Å²) in [6, 6.07) is 15.0. The van der Waals surface area contributed by atoms with Crippen LogP contribution in [0.2, 0.25) is 0 Å². The second-order valence-corrected chi connectivity index (χ2v) is 5.13. The van der Waals surface area contributed by atoms with E-state index in [1.807, 2.05) is 57.2 Å². The van der Waals surface area contributed by atoms with Crippen molar-refractivity contribution in [2.24, 2.45) is 0 Å². The molecule has 2 nitrogen and oxygen atoms in total. The van der Waals surface area contributed by atoms with Crippen molar-refractivity contribution in [1.82, 2.24) is 5.32 Å². The van der Waals surface area contributed by atoms with Crippen molar-refractivity contribution in [3.05, 3.63) is 65.5 Å².